The van der Waals surface area contributed by atoms with Crippen molar-refractivity contribution < 1.29 is 14.3 Å². The highest BCUT2D eigenvalue weighted by Crippen LogP contribution is 2.23. The lowest BCUT2D eigenvalue weighted by molar-refractivity contribution is -0.113. The van der Waals surface area contributed by atoms with Gasteiger partial charge in [0, 0.05) is 26.9 Å². The summed E-state index contributed by atoms with van der Waals surface area (Å²) in [6.07, 6.45) is 0. The lowest BCUT2D eigenvalue weighted by atomic mass is 10.2. The van der Waals surface area contributed by atoms with E-state index in [9.17, 15) is 9.59 Å². The van der Waals surface area contributed by atoms with Gasteiger partial charge < -0.3 is 15.4 Å². The second-order valence-electron chi connectivity index (χ2n) is 6.51. The predicted octanol–water partition coefficient (Wildman–Crippen LogP) is 5.64. The van der Waals surface area contributed by atoms with Gasteiger partial charge in [-0.15, -0.1) is 11.8 Å². The van der Waals surface area contributed by atoms with Crippen LogP contribution in [0.1, 0.15) is 15.9 Å². The van der Waals surface area contributed by atoms with E-state index in [2.05, 4.69) is 10.6 Å². The van der Waals surface area contributed by atoms with Crippen LogP contribution in [0.4, 0.5) is 11.4 Å². The van der Waals surface area contributed by atoms with Gasteiger partial charge in [0.25, 0.3) is 5.91 Å². The van der Waals surface area contributed by atoms with Crippen molar-refractivity contribution in [1.82, 2.24) is 0 Å². The average Bonchev–Trinajstić information content (AvgIpc) is 2.76. The molecule has 0 atom stereocenters. The summed E-state index contributed by atoms with van der Waals surface area (Å²) in [5.41, 5.74) is 2.85. The van der Waals surface area contributed by atoms with Crippen LogP contribution in [0.15, 0.2) is 71.6 Å². The predicted molar refractivity (Wildman–Crippen MR) is 123 cm³/mol. The first-order chi connectivity index (χ1) is 14.4. The summed E-state index contributed by atoms with van der Waals surface area (Å²) in [5, 5.41) is 6.30. The van der Waals surface area contributed by atoms with E-state index in [1.807, 2.05) is 25.1 Å². The van der Waals surface area contributed by atoms with Crippen molar-refractivity contribution in [3.05, 3.63) is 82.9 Å². The molecule has 0 aliphatic carbocycles. The monoisotopic (exact) mass is 440 g/mol. The van der Waals surface area contributed by atoms with Gasteiger partial charge in [-0.1, -0.05) is 23.7 Å². The van der Waals surface area contributed by atoms with Crippen molar-refractivity contribution in [3.8, 4) is 5.75 Å². The molecule has 0 spiro atoms. The van der Waals surface area contributed by atoms with Gasteiger partial charge in [0.2, 0.25) is 5.91 Å². The maximum absolute atomic E-state index is 12.4. The van der Waals surface area contributed by atoms with Gasteiger partial charge in [-0.05, 0) is 67.1 Å². The Morgan fingerprint density at radius 2 is 1.77 bits per heavy atom. The maximum Gasteiger partial charge on any atom is 0.255 e. The van der Waals surface area contributed by atoms with Crippen LogP contribution in [0.3, 0.4) is 0 Å². The third kappa shape index (κ3) is 6.02. The summed E-state index contributed by atoms with van der Waals surface area (Å²) in [6.45, 7) is 1.91. The first kappa shape index (κ1) is 21.7. The van der Waals surface area contributed by atoms with Crippen molar-refractivity contribution in [3.63, 3.8) is 0 Å². The summed E-state index contributed by atoms with van der Waals surface area (Å²) in [7, 11) is 1.56. The molecule has 0 aromatic heterocycles. The second-order valence-corrected chi connectivity index (χ2v) is 7.99. The summed E-state index contributed by atoms with van der Waals surface area (Å²) in [4.78, 5) is 25.5. The number of nitrogens with one attached hydrogen (secondary N) is 2. The fraction of sp³-hybridized carbons (Fsp3) is 0.130. The van der Waals surface area contributed by atoms with Crippen molar-refractivity contribution in [2.24, 2.45) is 0 Å². The van der Waals surface area contributed by atoms with Crippen molar-refractivity contribution in [2.75, 3.05) is 23.5 Å². The number of ether oxygens (including phenoxy) is 1. The van der Waals surface area contributed by atoms with Crippen molar-refractivity contribution in [2.45, 2.75) is 11.8 Å². The molecule has 3 rings (SSSR count). The van der Waals surface area contributed by atoms with Gasteiger partial charge in [0.15, 0.2) is 0 Å². The number of thioether (sulfide) groups is 1. The molecule has 0 fully saturated rings. The number of benzene rings is 3. The molecular weight excluding hydrogens is 420 g/mol. The third-order valence-electron chi connectivity index (χ3n) is 4.29. The Bertz CT molecular complexity index is 1050. The van der Waals surface area contributed by atoms with E-state index in [1.54, 1.807) is 55.6 Å². The van der Waals surface area contributed by atoms with Crippen LogP contribution in [0.2, 0.25) is 5.02 Å². The Morgan fingerprint density at radius 3 is 2.50 bits per heavy atom. The molecule has 7 heteroatoms. The van der Waals surface area contributed by atoms with E-state index in [-0.39, 0.29) is 17.6 Å². The molecule has 154 valence electrons. The molecule has 0 radical (unpaired) electrons. The number of amides is 2. The molecule has 2 amide bonds. The fourth-order valence-electron chi connectivity index (χ4n) is 2.67. The largest absolute Gasteiger partial charge is 0.497 e. The average molecular weight is 441 g/mol. The number of hydrogen-bond acceptors (Lipinski definition) is 4. The summed E-state index contributed by atoms with van der Waals surface area (Å²) in [5.74, 6) is 0.563. The van der Waals surface area contributed by atoms with Gasteiger partial charge in [-0.25, -0.2) is 0 Å². The van der Waals surface area contributed by atoms with Gasteiger partial charge in [0.1, 0.15) is 5.75 Å². The zero-order chi connectivity index (χ0) is 21.5. The number of hydrogen-bond donors (Lipinski definition) is 2. The highest BCUT2D eigenvalue weighted by molar-refractivity contribution is 8.00. The Labute approximate surface area is 184 Å². The van der Waals surface area contributed by atoms with Crippen LogP contribution in [0, 0.1) is 6.92 Å². The zero-order valence-electron chi connectivity index (χ0n) is 16.6. The Kier molecular flexibility index (Phi) is 7.38. The summed E-state index contributed by atoms with van der Waals surface area (Å²) < 4.78 is 5.14. The van der Waals surface area contributed by atoms with Crippen LogP contribution in [-0.2, 0) is 4.79 Å². The van der Waals surface area contributed by atoms with Crippen LogP contribution in [-0.4, -0.2) is 24.7 Å². The number of anilines is 2. The first-order valence-electron chi connectivity index (χ1n) is 9.19. The lowest BCUT2D eigenvalue weighted by Crippen LogP contribution is -2.14. The SMILES string of the molecule is COc1cccc(C(=O)Nc2ccc(SCC(=O)Nc3cc(Cl)ccc3C)cc2)c1. The van der Waals surface area contributed by atoms with Crippen LogP contribution in [0.25, 0.3) is 0 Å². The smallest absolute Gasteiger partial charge is 0.255 e. The molecule has 30 heavy (non-hydrogen) atoms. The molecule has 3 aromatic carbocycles. The fourth-order valence-corrected chi connectivity index (χ4v) is 3.54. The highest BCUT2D eigenvalue weighted by atomic mass is 35.5. The molecule has 5 nitrogen and oxygen atoms in total. The molecule has 0 aliphatic rings. The molecule has 0 saturated heterocycles. The van der Waals surface area contributed by atoms with Crippen LogP contribution in [0.5, 0.6) is 5.75 Å². The molecular formula is C23H21ClN2O3S. The van der Waals surface area contributed by atoms with Crippen LogP contribution < -0.4 is 15.4 Å². The normalized spacial score (nSPS) is 10.4. The van der Waals surface area contributed by atoms with Crippen LogP contribution >= 0.6 is 23.4 Å². The van der Waals surface area contributed by atoms with Gasteiger partial charge in [-0.2, -0.15) is 0 Å². The summed E-state index contributed by atoms with van der Waals surface area (Å²) in [6, 6.07) is 19.7. The highest BCUT2D eigenvalue weighted by Gasteiger charge is 2.09. The van der Waals surface area contributed by atoms with E-state index in [0.717, 1.165) is 10.5 Å². The number of rotatable bonds is 7. The van der Waals surface area contributed by atoms with E-state index < -0.39 is 0 Å². The van der Waals surface area contributed by atoms with Crippen molar-refractivity contribution in [1.29, 1.82) is 0 Å². The molecule has 3 aromatic rings. The molecule has 0 saturated carbocycles. The zero-order valence-corrected chi connectivity index (χ0v) is 18.1. The molecule has 0 bridgehead atoms. The third-order valence-corrected chi connectivity index (χ3v) is 5.53. The minimum absolute atomic E-state index is 0.110. The maximum atomic E-state index is 12.4. The Balaban J connectivity index is 1.53. The number of halogens is 1. The van der Waals surface area contributed by atoms with Crippen molar-refractivity contribution >= 4 is 46.6 Å². The lowest BCUT2D eigenvalue weighted by Gasteiger charge is -2.09. The Morgan fingerprint density at radius 1 is 1.00 bits per heavy atom. The number of aryl methyl sites for hydroxylation is 1. The molecule has 0 heterocycles. The number of carbonyl (C=O) groups is 2. The minimum atomic E-state index is -0.217. The van der Waals surface area contributed by atoms with E-state index in [0.29, 0.717) is 27.7 Å². The quantitative estimate of drug-likeness (QED) is 0.466. The second kappa shape index (κ2) is 10.2. The van der Waals surface area contributed by atoms with E-state index in [4.69, 9.17) is 16.3 Å². The van der Waals surface area contributed by atoms with E-state index in [1.165, 1.54) is 11.8 Å². The van der Waals surface area contributed by atoms with Gasteiger partial charge in [0.05, 0.1) is 12.9 Å². The van der Waals surface area contributed by atoms with Gasteiger partial charge in [-0.3, -0.25) is 9.59 Å². The van der Waals surface area contributed by atoms with E-state index >= 15 is 0 Å². The number of methoxy groups -OCH3 is 1. The first-order valence-corrected chi connectivity index (χ1v) is 10.6. The standard InChI is InChI=1S/C23H21ClN2O3S/c1-15-6-7-17(24)13-21(15)26-22(27)14-30-20-10-8-18(9-11-20)25-23(28)16-4-3-5-19(12-16)29-2/h3-13H,14H2,1-2H3,(H,25,28)(H,26,27). The Hall–Kier alpha value is -2.96. The molecule has 0 aliphatic heterocycles. The summed E-state index contributed by atoms with van der Waals surface area (Å²) >= 11 is 7.40. The topological polar surface area (TPSA) is 67.4 Å². The molecule has 2 N–H and O–H groups in total. The van der Waals surface area contributed by atoms with Gasteiger partial charge >= 0.3 is 0 Å². The number of carbonyl (C=O) groups excluding carboxylic acids is 2. The molecule has 0 unspecified atom stereocenters. The minimum Gasteiger partial charge on any atom is -0.497 e.